The van der Waals surface area contributed by atoms with Crippen LogP contribution >= 0.6 is 34.5 Å². The van der Waals surface area contributed by atoms with Crippen molar-refractivity contribution in [3.8, 4) is 11.3 Å². The minimum atomic E-state index is 0.506. The second-order valence-electron chi connectivity index (χ2n) is 7.98. The first-order valence-corrected chi connectivity index (χ1v) is 12.0. The molecule has 2 heterocycles. The number of tetrazole rings is 1. The average molecular weight is 487 g/mol. The van der Waals surface area contributed by atoms with Crippen molar-refractivity contribution >= 4 is 39.7 Å². The minimum Gasteiger partial charge on any atom is -0.343 e. The van der Waals surface area contributed by atoms with Gasteiger partial charge in [-0.1, -0.05) is 78.7 Å². The van der Waals surface area contributed by atoms with E-state index in [0.717, 1.165) is 35.9 Å². The number of H-pyrrole nitrogens is 1. The lowest BCUT2D eigenvalue weighted by Gasteiger charge is -2.21. The molecular weight excluding hydrogens is 463 g/mol. The molecule has 4 rings (SSSR count). The molecule has 9 heteroatoms. The van der Waals surface area contributed by atoms with Gasteiger partial charge >= 0.3 is 0 Å². The number of halogens is 2. The van der Waals surface area contributed by atoms with Gasteiger partial charge in [0.2, 0.25) is 0 Å². The minimum absolute atomic E-state index is 0.506. The lowest BCUT2D eigenvalue weighted by Crippen LogP contribution is -2.25. The van der Waals surface area contributed by atoms with Gasteiger partial charge in [-0.2, -0.15) is 5.21 Å². The third-order valence-electron chi connectivity index (χ3n) is 4.95. The maximum Gasteiger partial charge on any atom is 0.186 e. The van der Waals surface area contributed by atoms with Gasteiger partial charge in [0, 0.05) is 30.0 Å². The molecule has 0 amide bonds. The highest BCUT2D eigenvalue weighted by Gasteiger charge is 2.20. The molecule has 0 saturated heterocycles. The molecular formula is C23H24Cl2N6S. The Morgan fingerprint density at radius 1 is 1.06 bits per heavy atom. The van der Waals surface area contributed by atoms with Crippen LogP contribution in [0.5, 0.6) is 0 Å². The van der Waals surface area contributed by atoms with Crippen molar-refractivity contribution in [3.05, 3.63) is 74.8 Å². The molecule has 2 aromatic carbocycles. The highest BCUT2D eigenvalue weighted by molar-refractivity contribution is 7.16. The summed E-state index contributed by atoms with van der Waals surface area (Å²) in [5.41, 5.74) is 3.17. The topological polar surface area (TPSA) is 70.6 Å². The molecule has 1 N–H and O–H groups in total. The van der Waals surface area contributed by atoms with E-state index in [4.69, 9.17) is 28.2 Å². The van der Waals surface area contributed by atoms with Crippen LogP contribution in [0.3, 0.4) is 0 Å². The Balaban J connectivity index is 1.69. The lowest BCUT2D eigenvalue weighted by molar-refractivity contribution is 0.654. The summed E-state index contributed by atoms with van der Waals surface area (Å²) in [6, 6.07) is 16.1. The Morgan fingerprint density at radius 3 is 2.56 bits per heavy atom. The van der Waals surface area contributed by atoms with Gasteiger partial charge in [0.15, 0.2) is 11.0 Å². The number of hydrogen-bond donors (Lipinski definition) is 1. The molecule has 6 nitrogen and oxygen atoms in total. The second kappa shape index (κ2) is 10.4. The largest absolute Gasteiger partial charge is 0.343 e. The fourth-order valence-electron chi connectivity index (χ4n) is 3.42. The Labute approximate surface area is 201 Å². The van der Waals surface area contributed by atoms with Crippen molar-refractivity contribution in [2.24, 2.45) is 5.92 Å². The summed E-state index contributed by atoms with van der Waals surface area (Å²) in [5.74, 6) is 1.19. The third kappa shape index (κ3) is 5.65. The number of nitrogens with one attached hydrogen (secondary N) is 1. The molecule has 2 aromatic heterocycles. The van der Waals surface area contributed by atoms with Crippen molar-refractivity contribution in [1.82, 2.24) is 25.6 Å². The first-order valence-electron chi connectivity index (χ1n) is 10.5. The van der Waals surface area contributed by atoms with E-state index in [-0.39, 0.29) is 0 Å². The van der Waals surface area contributed by atoms with Crippen LogP contribution < -0.4 is 4.90 Å². The number of aromatic nitrogens is 5. The van der Waals surface area contributed by atoms with Crippen LogP contribution in [-0.4, -0.2) is 32.2 Å². The smallest absolute Gasteiger partial charge is 0.186 e. The molecule has 4 aromatic rings. The highest BCUT2D eigenvalue weighted by atomic mass is 35.5. The van der Waals surface area contributed by atoms with Crippen LogP contribution in [0.2, 0.25) is 10.0 Å². The summed E-state index contributed by atoms with van der Waals surface area (Å²) < 4.78 is 0. The Morgan fingerprint density at radius 2 is 1.88 bits per heavy atom. The first-order chi connectivity index (χ1) is 15.5. The van der Waals surface area contributed by atoms with E-state index in [1.807, 2.05) is 24.3 Å². The fourth-order valence-corrected chi connectivity index (χ4v) is 5.04. The van der Waals surface area contributed by atoms with E-state index in [1.165, 1.54) is 10.4 Å². The maximum atomic E-state index is 6.32. The zero-order valence-corrected chi connectivity index (χ0v) is 20.3. The van der Waals surface area contributed by atoms with E-state index in [0.29, 0.717) is 28.2 Å². The SMILES string of the molecule is CC(C)Cc1sc(N(CCc2nn[nH]n2)Cc2ccccc2)nc1-c1ccc(Cl)c(Cl)c1. The van der Waals surface area contributed by atoms with Gasteiger partial charge in [-0.05, 0) is 30.0 Å². The summed E-state index contributed by atoms with van der Waals surface area (Å²) in [4.78, 5) is 8.60. The molecule has 0 aliphatic carbocycles. The lowest BCUT2D eigenvalue weighted by atomic mass is 10.0. The number of hydrogen-bond acceptors (Lipinski definition) is 6. The maximum absolute atomic E-state index is 6.32. The van der Waals surface area contributed by atoms with Gasteiger partial charge < -0.3 is 4.90 Å². The molecule has 166 valence electrons. The normalized spacial score (nSPS) is 11.3. The Kier molecular flexibility index (Phi) is 7.40. The van der Waals surface area contributed by atoms with Gasteiger partial charge in [0.05, 0.1) is 15.7 Å². The predicted molar refractivity (Wildman–Crippen MR) is 131 cm³/mol. The molecule has 0 aliphatic rings. The number of rotatable bonds is 9. The number of aromatic amines is 1. The number of nitrogens with zero attached hydrogens (tertiary/aromatic N) is 5. The molecule has 0 radical (unpaired) electrons. The fraction of sp³-hybridized carbons (Fsp3) is 0.304. The summed E-state index contributed by atoms with van der Waals surface area (Å²) in [7, 11) is 0. The molecule has 0 unspecified atom stereocenters. The zero-order valence-electron chi connectivity index (χ0n) is 17.9. The highest BCUT2D eigenvalue weighted by Crippen LogP contribution is 2.37. The molecule has 0 bridgehead atoms. The Bertz CT molecular complexity index is 1140. The van der Waals surface area contributed by atoms with Crippen LogP contribution in [0.4, 0.5) is 5.13 Å². The van der Waals surface area contributed by atoms with E-state index < -0.39 is 0 Å². The molecule has 0 fully saturated rings. The van der Waals surface area contributed by atoms with Gasteiger partial charge in [-0.3, -0.25) is 0 Å². The summed E-state index contributed by atoms with van der Waals surface area (Å²) >= 11 is 14.2. The van der Waals surface area contributed by atoms with E-state index in [1.54, 1.807) is 11.3 Å². The number of anilines is 1. The van der Waals surface area contributed by atoms with E-state index in [9.17, 15) is 0 Å². The quantitative estimate of drug-likeness (QED) is 0.310. The van der Waals surface area contributed by atoms with Crippen molar-refractivity contribution in [1.29, 1.82) is 0 Å². The van der Waals surface area contributed by atoms with Gasteiger partial charge in [0.25, 0.3) is 0 Å². The molecule has 0 saturated carbocycles. The van der Waals surface area contributed by atoms with Gasteiger partial charge in [-0.15, -0.1) is 21.5 Å². The summed E-state index contributed by atoms with van der Waals surface area (Å²) in [6.07, 6.45) is 1.61. The summed E-state index contributed by atoms with van der Waals surface area (Å²) in [6.45, 7) is 5.91. The van der Waals surface area contributed by atoms with Crippen molar-refractivity contribution in [2.75, 3.05) is 11.4 Å². The number of benzene rings is 2. The summed E-state index contributed by atoms with van der Waals surface area (Å²) in [5, 5.41) is 16.4. The molecule has 0 spiro atoms. The van der Waals surface area contributed by atoms with Crippen molar-refractivity contribution in [3.63, 3.8) is 0 Å². The molecule has 0 atom stereocenters. The molecule has 32 heavy (non-hydrogen) atoms. The van der Waals surface area contributed by atoms with Gasteiger partial charge in [-0.25, -0.2) is 4.98 Å². The van der Waals surface area contributed by atoms with Crippen LogP contribution in [0.1, 0.15) is 30.1 Å². The molecule has 0 aliphatic heterocycles. The monoisotopic (exact) mass is 486 g/mol. The van der Waals surface area contributed by atoms with E-state index in [2.05, 4.69) is 63.6 Å². The predicted octanol–water partition coefficient (Wildman–Crippen LogP) is 6.08. The standard InChI is InChI=1S/C23H24Cl2N6S/c1-15(2)12-20-22(17-8-9-18(24)19(25)13-17)26-23(32-20)31(11-10-21-27-29-30-28-21)14-16-6-4-3-5-7-16/h3-9,13,15H,10-12,14H2,1-2H3,(H,27,28,29,30). The van der Waals surface area contributed by atoms with Gasteiger partial charge in [0.1, 0.15) is 0 Å². The first kappa shape index (κ1) is 22.7. The van der Waals surface area contributed by atoms with Crippen LogP contribution in [0, 0.1) is 5.92 Å². The second-order valence-corrected chi connectivity index (χ2v) is 9.86. The average Bonchev–Trinajstić information content (AvgIpc) is 3.44. The third-order valence-corrected chi connectivity index (χ3v) is 6.83. The van der Waals surface area contributed by atoms with Crippen molar-refractivity contribution in [2.45, 2.75) is 33.2 Å². The number of thiazole rings is 1. The van der Waals surface area contributed by atoms with Crippen LogP contribution in [0.15, 0.2) is 48.5 Å². The Hall–Kier alpha value is -2.48. The van der Waals surface area contributed by atoms with E-state index >= 15 is 0 Å². The van der Waals surface area contributed by atoms with Crippen LogP contribution in [-0.2, 0) is 19.4 Å². The van der Waals surface area contributed by atoms with Crippen molar-refractivity contribution < 1.29 is 0 Å². The zero-order chi connectivity index (χ0) is 22.5. The van der Waals surface area contributed by atoms with Crippen LogP contribution in [0.25, 0.3) is 11.3 Å².